The quantitative estimate of drug-likeness (QED) is 0.921. The van der Waals surface area contributed by atoms with Gasteiger partial charge in [0.05, 0.1) is 11.1 Å². The van der Waals surface area contributed by atoms with E-state index in [0.29, 0.717) is 29.0 Å². The molecule has 0 heterocycles. The number of hydrogen-bond donors (Lipinski definition) is 1. The lowest BCUT2D eigenvalue weighted by atomic mass is 9.87. The predicted octanol–water partition coefficient (Wildman–Crippen LogP) is 3.53. The molecule has 1 aliphatic rings. The van der Waals surface area contributed by atoms with E-state index in [1.807, 2.05) is 0 Å². The van der Waals surface area contributed by atoms with E-state index in [4.69, 9.17) is 17.3 Å². The summed E-state index contributed by atoms with van der Waals surface area (Å²) >= 11 is 5.96. The zero-order valence-electron chi connectivity index (χ0n) is 11.6. The molecule has 22 heavy (non-hydrogen) atoms. The molecular weight excluding hydrogens is 303 g/mol. The normalized spacial score (nSPS) is 16.1. The average Bonchev–Trinajstić information content (AvgIpc) is 2.90. The molecule has 5 heteroatoms. The number of fused-ring (bicyclic) bond motifs is 1. The molecule has 0 unspecified atom stereocenters. The highest BCUT2D eigenvalue weighted by molar-refractivity contribution is 6.30. The van der Waals surface area contributed by atoms with Crippen LogP contribution < -0.4 is 5.73 Å². The van der Waals surface area contributed by atoms with E-state index in [9.17, 15) is 14.4 Å². The molecule has 1 atom stereocenters. The van der Waals surface area contributed by atoms with Crippen molar-refractivity contribution < 1.29 is 9.18 Å². The summed E-state index contributed by atoms with van der Waals surface area (Å²) < 4.78 is 14.0. The topological polar surface area (TPSA) is 66.9 Å². The summed E-state index contributed by atoms with van der Waals surface area (Å²) in [5, 5.41) is 9.73. The highest BCUT2D eigenvalue weighted by atomic mass is 35.5. The maximum absolute atomic E-state index is 14.0. The van der Waals surface area contributed by atoms with Crippen LogP contribution in [0.4, 0.5) is 4.39 Å². The van der Waals surface area contributed by atoms with E-state index in [1.54, 1.807) is 18.2 Å². The molecule has 1 amide bonds. The highest BCUT2D eigenvalue weighted by Gasteiger charge is 2.29. The lowest BCUT2D eigenvalue weighted by Gasteiger charge is -2.15. The van der Waals surface area contributed by atoms with Gasteiger partial charge >= 0.3 is 0 Å². The van der Waals surface area contributed by atoms with E-state index in [0.717, 1.165) is 5.56 Å². The Morgan fingerprint density at radius 1 is 1.36 bits per heavy atom. The third-order valence-electron chi connectivity index (χ3n) is 4.10. The lowest BCUT2D eigenvalue weighted by Crippen LogP contribution is -2.14. The summed E-state index contributed by atoms with van der Waals surface area (Å²) in [6.07, 6.45) is 1.25. The van der Waals surface area contributed by atoms with Crippen LogP contribution in [0.5, 0.6) is 0 Å². The van der Waals surface area contributed by atoms with Crippen molar-refractivity contribution in [2.24, 2.45) is 5.73 Å². The van der Waals surface area contributed by atoms with Crippen molar-refractivity contribution in [3.63, 3.8) is 0 Å². The second-order valence-electron chi connectivity index (χ2n) is 5.29. The van der Waals surface area contributed by atoms with Gasteiger partial charge in [-0.05, 0) is 47.7 Å². The fraction of sp³-hybridized carbons (Fsp3) is 0.176. The van der Waals surface area contributed by atoms with Gasteiger partial charge in [-0.25, -0.2) is 4.39 Å². The van der Waals surface area contributed by atoms with Gasteiger partial charge in [-0.1, -0.05) is 23.7 Å². The van der Waals surface area contributed by atoms with Crippen LogP contribution >= 0.6 is 11.6 Å². The van der Waals surface area contributed by atoms with Gasteiger partial charge in [-0.15, -0.1) is 0 Å². The Morgan fingerprint density at radius 2 is 2.14 bits per heavy atom. The minimum Gasteiger partial charge on any atom is -0.366 e. The van der Waals surface area contributed by atoms with Crippen molar-refractivity contribution in [1.29, 1.82) is 5.26 Å². The molecule has 2 aromatic rings. The first-order valence-electron chi connectivity index (χ1n) is 6.83. The van der Waals surface area contributed by atoms with Crippen molar-refractivity contribution in [2.45, 2.75) is 18.8 Å². The molecule has 0 saturated heterocycles. The van der Waals surface area contributed by atoms with Crippen molar-refractivity contribution in [3.05, 3.63) is 69.0 Å². The van der Waals surface area contributed by atoms with Gasteiger partial charge in [0.25, 0.3) is 0 Å². The molecule has 3 nitrogen and oxygen atoms in total. The first-order valence-corrected chi connectivity index (χ1v) is 7.21. The Bertz CT molecular complexity index is 826. The average molecular weight is 315 g/mol. The van der Waals surface area contributed by atoms with Crippen molar-refractivity contribution >= 4 is 17.5 Å². The maximum atomic E-state index is 14.0. The van der Waals surface area contributed by atoms with Gasteiger partial charge in [0, 0.05) is 10.9 Å². The number of primary amides is 1. The number of halogens is 2. The van der Waals surface area contributed by atoms with Crippen LogP contribution in [-0.2, 0) is 6.42 Å². The molecular formula is C17H12ClFN2O. The molecule has 0 fully saturated rings. The highest BCUT2D eigenvalue weighted by Crippen LogP contribution is 2.42. The number of nitrogens with two attached hydrogens (primary N) is 1. The van der Waals surface area contributed by atoms with Crippen LogP contribution in [0.1, 0.15) is 45.0 Å². The molecule has 0 radical (unpaired) electrons. The molecule has 2 N–H and O–H groups in total. The number of benzene rings is 2. The first kappa shape index (κ1) is 14.6. The van der Waals surface area contributed by atoms with Crippen molar-refractivity contribution in [1.82, 2.24) is 0 Å². The van der Waals surface area contributed by atoms with Gasteiger partial charge in [0.15, 0.2) is 0 Å². The van der Waals surface area contributed by atoms with E-state index in [2.05, 4.69) is 6.07 Å². The third kappa shape index (κ3) is 2.24. The number of carbonyl (C=O) groups is 1. The minimum atomic E-state index is -0.645. The second kappa shape index (κ2) is 5.43. The minimum absolute atomic E-state index is 0.155. The number of rotatable bonds is 2. The Hall–Kier alpha value is -2.38. The van der Waals surface area contributed by atoms with Gasteiger partial charge in [-0.2, -0.15) is 5.26 Å². The SMILES string of the molecule is N#Cc1c(C(N)=O)cccc1[C@H]1CCc2c(F)cc(Cl)cc21. The molecule has 110 valence electrons. The standard InChI is InChI=1S/C17H12ClFN2O/c18-9-6-14-11(4-5-12(14)16(19)7-9)10-2-1-3-13(17(21)22)15(10)8-20/h1-3,6-7,11H,4-5H2,(H2,21,22)/t11-/m1/s1. The molecule has 1 aliphatic carbocycles. The second-order valence-corrected chi connectivity index (χ2v) is 5.73. The number of nitriles is 1. The first-order chi connectivity index (χ1) is 10.5. The molecule has 0 aromatic heterocycles. The van der Waals surface area contributed by atoms with Gasteiger partial charge < -0.3 is 5.73 Å². The Morgan fingerprint density at radius 3 is 2.82 bits per heavy atom. The molecule has 0 spiro atoms. The molecule has 0 aliphatic heterocycles. The number of nitrogens with zero attached hydrogens (tertiary/aromatic N) is 1. The van der Waals surface area contributed by atoms with Gasteiger partial charge in [0.1, 0.15) is 11.9 Å². The van der Waals surface area contributed by atoms with Crippen LogP contribution in [0.3, 0.4) is 0 Å². The summed E-state index contributed by atoms with van der Waals surface area (Å²) in [6.45, 7) is 0. The fourth-order valence-electron chi connectivity index (χ4n) is 3.16. The predicted molar refractivity (Wildman–Crippen MR) is 81.2 cm³/mol. The Kier molecular flexibility index (Phi) is 3.59. The van der Waals surface area contributed by atoms with Crippen LogP contribution in [0.2, 0.25) is 5.02 Å². The smallest absolute Gasteiger partial charge is 0.250 e. The van der Waals surface area contributed by atoms with Crippen molar-refractivity contribution in [2.75, 3.05) is 0 Å². The number of hydrogen-bond acceptors (Lipinski definition) is 2. The monoisotopic (exact) mass is 314 g/mol. The van der Waals surface area contributed by atoms with Gasteiger partial charge in [0.2, 0.25) is 5.91 Å². The van der Waals surface area contributed by atoms with E-state index < -0.39 is 5.91 Å². The third-order valence-corrected chi connectivity index (χ3v) is 4.32. The number of carbonyl (C=O) groups excluding carboxylic acids is 1. The fourth-order valence-corrected chi connectivity index (χ4v) is 3.37. The van der Waals surface area contributed by atoms with E-state index >= 15 is 0 Å². The summed E-state index contributed by atoms with van der Waals surface area (Å²) in [6, 6.07) is 10.1. The largest absolute Gasteiger partial charge is 0.366 e. The molecule has 3 rings (SSSR count). The molecule has 2 aromatic carbocycles. The van der Waals surface area contributed by atoms with Crippen LogP contribution in [0.15, 0.2) is 30.3 Å². The van der Waals surface area contributed by atoms with Gasteiger partial charge in [-0.3, -0.25) is 4.79 Å². The van der Waals surface area contributed by atoms with E-state index in [1.165, 1.54) is 12.1 Å². The summed E-state index contributed by atoms with van der Waals surface area (Å²) in [5.41, 5.74) is 7.88. The zero-order valence-corrected chi connectivity index (χ0v) is 12.3. The zero-order chi connectivity index (χ0) is 15.9. The van der Waals surface area contributed by atoms with Crippen LogP contribution in [0, 0.1) is 17.1 Å². The summed E-state index contributed by atoms with van der Waals surface area (Å²) in [5.74, 6) is -1.12. The number of amides is 1. The summed E-state index contributed by atoms with van der Waals surface area (Å²) in [4.78, 5) is 11.5. The van der Waals surface area contributed by atoms with E-state index in [-0.39, 0.29) is 22.9 Å². The Labute approximate surface area is 132 Å². The van der Waals surface area contributed by atoms with Crippen molar-refractivity contribution in [3.8, 4) is 6.07 Å². The Balaban J connectivity index is 2.19. The van der Waals surface area contributed by atoms with Crippen LogP contribution in [-0.4, -0.2) is 5.91 Å². The summed E-state index contributed by atoms with van der Waals surface area (Å²) in [7, 11) is 0. The van der Waals surface area contributed by atoms with Crippen LogP contribution in [0.25, 0.3) is 0 Å². The maximum Gasteiger partial charge on any atom is 0.250 e. The molecule has 0 bridgehead atoms. The molecule has 0 saturated carbocycles. The lowest BCUT2D eigenvalue weighted by molar-refractivity contribution is 0.1000.